The summed E-state index contributed by atoms with van der Waals surface area (Å²) in [5.41, 5.74) is 1.37. The highest BCUT2D eigenvalue weighted by atomic mass is 32.1. The first-order chi connectivity index (χ1) is 14.5. The molecule has 1 aliphatic heterocycles. The van der Waals surface area contributed by atoms with E-state index in [-0.39, 0.29) is 5.91 Å². The number of hydrogen-bond acceptors (Lipinski definition) is 6. The molecular formula is C22H19N3O4S. The Bertz CT molecular complexity index is 1090. The van der Waals surface area contributed by atoms with E-state index in [1.807, 2.05) is 4.90 Å². The summed E-state index contributed by atoms with van der Waals surface area (Å²) in [6, 6.07) is 13.9. The van der Waals surface area contributed by atoms with Crippen LogP contribution in [0.5, 0.6) is 5.75 Å². The van der Waals surface area contributed by atoms with Crippen molar-refractivity contribution in [3.05, 3.63) is 53.6 Å². The first kappa shape index (κ1) is 19.9. The highest BCUT2D eigenvalue weighted by Crippen LogP contribution is 2.48. The summed E-state index contributed by atoms with van der Waals surface area (Å²) in [5, 5.41) is 9.59. The van der Waals surface area contributed by atoms with Crippen LogP contribution in [0.1, 0.15) is 35.2 Å². The van der Waals surface area contributed by atoms with E-state index in [2.05, 4.69) is 6.07 Å². The van der Waals surface area contributed by atoms with Gasteiger partial charge in [0.2, 0.25) is 0 Å². The molecule has 30 heavy (non-hydrogen) atoms. The van der Waals surface area contributed by atoms with Crippen molar-refractivity contribution in [2.45, 2.75) is 24.8 Å². The van der Waals surface area contributed by atoms with Gasteiger partial charge in [-0.1, -0.05) is 0 Å². The molecule has 1 aliphatic carbocycles. The number of carbonyl (C=O) groups is 2. The van der Waals surface area contributed by atoms with Gasteiger partial charge in [0.05, 0.1) is 31.0 Å². The van der Waals surface area contributed by atoms with Crippen LogP contribution in [0.4, 0.5) is 11.4 Å². The summed E-state index contributed by atoms with van der Waals surface area (Å²) in [4.78, 5) is 28.6. The number of anilines is 2. The van der Waals surface area contributed by atoms with Gasteiger partial charge in [-0.25, -0.2) is 4.79 Å². The Hall–Kier alpha value is -3.44. The summed E-state index contributed by atoms with van der Waals surface area (Å²) in [6.45, 7) is 0. The van der Waals surface area contributed by atoms with Crippen LogP contribution in [-0.2, 0) is 9.53 Å². The summed E-state index contributed by atoms with van der Waals surface area (Å²) >= 11 is 5.73. The van der Waals surface area contributed by atoms with Crippen molar-refractivity contribution >= 4 is 40.6 Å². The van der Waals surface area contributed by atoms with Crippen LogP contribution in [0.3, 0.4) is 0 Å². The normalized spacial score (nSPS) is 17.0. The number of thiocarbonyl (C=S) groups is 1. The third kappa shape index (κ3) is 2.82. The van der Waals surface area contributed by atoms with Crippen molar-refractivity contribution < 1.29 is 19.1 Å². The van der Waals surface area contributed by atoms with Crippen LogP contribution < -0.4 is 14.5 Å². The van der Waals surface area contributed by atoms with Crippen LogP contribution in [0, 0.1) is 11.3 Å². The van der Waals surface area contributed by atoms with E-state index in [1.165, 1.54) is 19.1 Å². The van der Waals surface area contributed by atoms with E-state index in [0.717, 1.165) is 12.1 Å². The van der Waals surface area contributed by atoms with Crippen molar-refractivity contribution in [3.8, 4) is 11.8 Å². The topological polar surface area (TPSA) is 82.9 Å². The fourth-order valence-electron chi connectivity index (χ4n) is 3.98. The first-order valence-corrected chi connectivity index (χ1v) is 9.83. The van der Waals surface area contributed by atoms with Gasteiger partial charge in [-0.2, -0.15) is 5.26 Å². The number of esters is 1. The third-order valence-corrected chi connectivity index (χ3v) is 6.07. The van der Waals surface area contributed by atoms with Gasteiger partial charge in [-0.05, 0) is 67.9 Å². The number of methoxy groups -OCH3 is 2. The van der Waals surface area contributed by atoms with Crippen LogP contribution in [-0.4, -0.2) is 36.7 Å². The first-order valence-electron chi connectivity index (χ1n) is 9.42. The molecule has 7 nitrogen and oxygen atoms in total. The Morgan fingerprint density at radius 1 is 1.13 bits per heavy atom. The molecule has 2 fully saturated rings. The zero-order chi connectivity index (χ0) is 21.5. The maximum atomic E-state index is 13.5. The van der Waals surface area contributed by atoms with Gasteiger partial charge in [-0.15, -0.1) is 0 Å². The predicted molar refractivity (Wildman–Crippen MR) is 115 cm³/mol. The number of rotatable bonds is 4. The quantitative estimate of drug-likeness (QED) is 0.553. The lowest BCUT2D eigenvalue weighted by Gasteiger charge is -2.43. The minimum Gasteiger partial charge on any atom is -0.495 e. The second kappa shape index (κ2) is 7.43. The fraction of sp³-hybridized carbons (Fsp3) is 0.273. The molecule has 1 heterocycles. The summed E-state index contributed by atoms with van der Waals surface area (Å²) < 4.78 is 10.0. The second-order valence-electron chi connectivity index (χ2n) is 7.18. The molecule has 0 unspecified atom stereocenters. The number of carbonyl (C=O) groups excluding carboxylic acids is 2. The van der Waals surface area contributed by atoms with Crippen molar-refractivity contribution in [2.24, 2.45) is 0 Å². The minimum absolute atomic E-state index is 0.0949. The Labute approximate surface area is 179 Å². The van der Waals surface area contributed by atoms with E-state index in [4.69, 9.17) is 21.7 Å². The number of nitrogens with zero attached hydrogens (tertiary/aromatic N) is 3. The highest BCUT2D eigenvalue weighted by molar-refractivity contribution is 7.81. The van der Waals surface area contributed by atoms with E-state index < -0.39 is 11.5 Å². The van der Waals surface area contributed by atoms with Crippen molar-refractivity contribution in [2.75, 3.05) is 24.0 Å². The molecule has 0 radical (unpaired) electrons. The Morgan fingerprint density at radius 3 is 2.33 bits per heavy atom. The lowest BCUT2D eigenvalue weighted by molar-refractivity contribution is -0.123. The number of nitriles is 1. The monoisotopic (exact) mass is 421 g/mol. The molecule has 4 rings (SSSR count). The van der Waals surface area contributed by atoms with E-state index in [0.29, 0.717) is 40.5 Å². The standard InChI is InChI=1S/C22H19N3O4S/c1-28-18-12-17(9-6-15(18)13-23)24-20(27)22(10-3-11-22)25(21(24)30)16-7-4-14(5-8-16)19(26)29-2/h4-9,12H,3,10-11H2,1-2H3. The molecule has 1 amide bonds. The number of ether oxygens (including phenoxy) is 2. The van der Waals surface area contributed by atoms with Gasteiger partial charge < -0.3 is 14.4 Å². The predicted octanol–water partition coefficient (Wildman–Crippen LogP) is 3.41. The molecule has 0 aromatic heterocycles. The fourth-order valence-corrected chi connectivity index (χ4v) is 4.45. The molecule has 1 saturated heterocycles. The summed E-state index contributed by atoms with van der Waals surface area (Å²) in [7, 11) is 2.81. The molecule has 1 spiro atoms. The van der Waals surface area contributed by atoms with Gasteiger partial charge in [0.1, 0.15) is 17.4 Å². The van der Waals surface area contributed by atoms with Gasteiger partial charge in [0, 0.05) is 11.8 Å². The van der Waals surface area contributed by atoms with Crippen molar-refractivity contribution in [1.29, 1.82) is 5.26 Å². The molecule has 2 aromatic carbocycles. The van der Waals surface area contributed by atoms with Gasteiger partial charge >= 0.3 is 5.97 Å². The SMILES string of the molecule is COC(=O)c1ccc(N2C(=S)N(c3ccc(C#N)c(OC)c3)C(=O)C23CCC3)cc1. The van der Waals surface area contributed by atoms with Crippen molar-refractivity contribution in [1.82, 2.24) is 0 Å². The Kier molecular flexibility index (Phi) is 4.92. The van der Waals surface area contributed by atoms with Crippen LogP contribution >= 0.6 is 12.2 Å². The zero-order valence-corrected chi connectivity index (χ0v) is 17.4. The minimum atomic E-state index is -0.731. The average Bonchev–Trinajstić information content (AvgIpc) is 2.99. The molecule has 1 saturated carbocycles. The van der Waals surface area contributed by atoms with E-state index in [1.54, 1.807) is 42.5 Å². The Balaban J connectivity index is 1.75. The van der Waals surface area contributed by atoms with Gasteiger partial charge in [-0.3, -0.25) is 9.69 Å². The summed E-state index contributed by atoms with van der Waals surface area (Å²) in [6.07, 6.45) is 2.30. The molecule has 0 N–H and O–H groups in total. The van der Waals surface area contributed by atoms with Gasteiger partial charge in [0.25, 0.3) is 5.91 Å². The smallest absolute Gasteiger partial charge is 0.337 e. The lowest BCUT2D eigenvalue weighted by atomic mass is 9.75. The molecule has 2 aliphatic rings. The van der Waals surface area contributed by atoms with Crippen LogP contribution in [0.2, 0.25) is 0 Å². The third-order valence-electron chi connectivity index (χ3n) is 5.70. The molecular weight excluding hydrogens is 402 g/mol. The number of benzene rings is 2. The largest absolute Gasteiger partial charge is 0.495 e. The second-order valence-corrected chi connectivity index (χ2v) is 7.54. The van der Waals surface area contributed by atoms with Crippen molar-refractivity contribution in [3.63, 3.8) is 0 Å². The molecule has 152 valence electrons. The summed E-state index contributed by atoms with van der Waals surface area (Å²) in [5.74, 6) is -0.136. The van der Waals surface area contributed by atoms with E-state index in [9.17, 15) is 14.9 Å². The van der Waals surface area contributed by atoms with E-state index >= 15 is 0 Å². The van der Waals surface area contributed by atoms with Crippen LogP contribution in [0.25, 0.3) is 0 Å². The Morgan fingerprint density at radius 2 is 1.80 bits per heavy atom. The molecule has 0 atom stereocenters. The lowest BCUT2D eigenvalue weighted by Crippen LogP contribution is -2.55. The molecule has 8 heteroatoms. The molecule has 0 bridgehead atoms. The van der Waals surface area contributed by atoms with Gasteiger partial charge in [0.15, 0.2) is 5.11 Å². The number of hydrogen-bond donors (Lipinski definition) is 0. The zero-order valence-electron chi connectivity index (χ0n) is 16.5. The van der Waals surface area contributed by atoms with Crippen LogP contribution in [0.15, 0.2) is 42.5 Å². The average molecular weight is 421 g/mol. The molecule has 2 aromatic rings. The highest BCUT2D eigenvalue weighted by Gasteiger charge is 2.59. The number of amides is 1. The maximum absolute atomic E-state index is 13.5. The maximum Gasteiger partial charge on any atom is 0.337 e.